The van der Waals surface area contributed by atoms with Crippen molar-refractivity contribution in [2.45, 2.75) is 20.3 Å². The van der Waals surface area contributed by atoms with Crippen molar-refractivity contribution in [1.29, 1.82) is 0 Å². The molecule has 0 aliphatic carbocycles. The fraction of sp³-hybridized carbons (Fsp3) is 0.278. The third kappa shape index (κ3) is 5.32. The van der Waals surface area contributed by atoms with Crippen LogP contribution < -0.4 is 15.4 Å². The van der Waals surface area contributed by atoms with E-state index in [1.807, 2.05) is 50.2 Å². The van der Waals surface area contributed by atoms with Crippen LogP contribution in [0.2, 0.25) is 10.0 Å². The highest BCUT2D eigenvalue weighted by atomic mass is 35.5. The lowest BCUT2D eigenvalue weighted by atomic mass is 10.1. The zero-order valence-electron chi connectivity index (χ0n) is 13.7. The number of amides is 2. The van der Waals surface area contributed by atoms with E-state index >= 15 is 0 Å². The summed E-state index contributed by atoms with van der Waals surface area (Å²) in [6, 6.07) is 11.0. The van der Waals surface area contributed by atoms with E-state index in [-0.39, 0.29) is 12.8 Å². The number of carbonyl (C=O) groups excluding carboxylic acids is 1. The molecule has 0 bridgehead atoms. The van der Waals surface area contributed by atoms with Crippen molar-refractivity contribution in [3.8, 4) is 5.75 Å². The number of rotatable bonds is 6. The van der Waals surface area contributed by atoms with Gasteiger partial charge in [-0.05, 0) is 55.2 Å². The molecule has 0 atom stereocenters. The molecule has 2 N–H and O–H groups in total. The van der Waals surface area contributed by atoms with Gasteiger partial charge >= 0.3 is 6.03 Å². The number of aryl methyl sites for hydroxylation is 2. The summed E-state index contributed by atoms with van der Waals surface area (Å²) < 4.78 is 5.53. The largest absolute Gasteiger partial charge is 0.473 e. The molecule has 0 aliphatic rings. The van der Waals surface area contributed by atoms with Crippen molar-refractivity contribution < 1.29 is 9.53 Å². The fourth-order valence-corrected chi connectivity index (χ4v) is 2.59. The summed E-state index contributed by atoms with van der Waals surface area (Å²) >= 11 is 12.2. The van der Waals surface area contributed by atoms with E-state index in [0.717, 1.165) is 21.7 Å². The molecule has 0 fully saturated rings. The van der Waals surface area contributed by atoms with Gasteiger partial charge in [0.1, 0.15) is 5.75 Å². The molecule has 2 aromatic rings. The predicted octanol–water partition coefficient (Wildman–Crippen LogP) is 4.49. The second-order valence-corrected chi connectivity index (χ2v) is 6.22. The maximum atomic E-state index is 11.7. The van der Waals surface area contributed by atoms with Gasteiger partial charge in [0.2, 0.25) is 0 Å². The summed E-state index contributed by atoms with van der Waals surface area (Å²) in [6.07, 6.45) is 0.670. The molecule has 0 unspecified atom stereocenters. The summed E-state index contributed by atoms with van der Waals surface area (Å²) in [7, 11) is 0. The topological polar surface area (TPSA) is 50.4 Å². The van der Waals surface area contributed by atoms with Crippen LogP contribution in [0.15, 0.2) is 36.4 Å². The van der Waals surface area contributed by atoms with Gasteiger partial charge in [-0.1, -0.05) is 41.4 Å². The Morgan fingerprint density at radius 3 is 2.42 bits per heavy atom. The smallest absolute Gasteiger partial charge is 0.317 e. The predicted molar refractivity (Wildman–Crippen MR) is 98.1 cm³/mol. The van der Waals surface area contributed by atoms with Gasteiger partial charge < -0.3 is 15.4 Å². The molecule has 0 heterocycles. The van der Waals surface area contributed by atoms with Gasteiger partial charge in [-0.2, -0.15) is 0 Å². The molecule has 0 saturated carbocycles. The van der Waals surface area contributed by atoms with Crippen molar-refractivity contribution in [2.75, 3.05) is 13.3 Å². The Kier molecular flexibility index (Phi) is 6.76. The zero-order valence-corrected chi connectivity index (χ0v) is 15.2. The Bertz CT molecular complexity index is 697. The van der Waals surface area contributed by atoms with Crippen LogP contribution in [-0.2, 0) is 6.42 Å². The summed E-state index contributed by atoms with van der Waals surface area (Å²) in [4.78, 5) is 11.7. The molecule has 0 radical (unpaired) electrons. The van der Waals surface area contributed by atoms with Gasteiger partial charge in [0.25, 0.3) is 0 Å². The summed E-state index contributed by atoms with van der Waals surface area (Å²) in [6.45, 7) is 4.40. The molecule has 2 amide bonds. The average Bonchev–Trinajstić information content (AvgIpc) is 2.54. The highest BCUT2D eigenvalue weighted by Gasteiger charge is 2.05. The monoisotopic (exact) mass is 366 g/mol. The van der Waals surface area contributed by atoms with E-state index in [9.17, 15) is 4.79 Å². The third-order valence-electron chi connectivity index (χ3n) is 3.52. The first-order chi connectivity index (χ1) is 11.5. The molecule has 128 valence electrons. The molecule has 0 aromatic heterocycles. The van der Waals surface area contributed by atoms with Crippen LogP contribution in [0.25, 0.3) is 0 Å². The van der Waals surface area contributed by atoms with Crippen molar-refractivity contribution in [3.05, 3.63) is 63.1 Å². The van der Waals surface area contributed by atoms with Crippen LogP contribution in [0.4, 0.5) is 4.79 Å². The van der Waals surface area contributed by atoms with Gasteiger partial charge in [0.15, 0.2) is 6.73 Å². The van der Waals surface area contributed by atoms with E-state index in [1.165, 1.54) is 0 Å². The second-order valence-electron chi connectivity index (χ2n) is 5.43. The van der Waals surface area contributed by atoms with E-state index in [4.69, 9.17) is 27.9 Å². The number of benzene rings is 2. The Hall–Kier alpha value is -1.91. The van der Waals surface area contributed by atoms with Crippen LogP contribution in [-0.4, -0.2) is 19.3 Å². The zero-order chi connectivity index (χ0) is 17.5. The van der Waals surface area contributed by atoms with E-state index in [0.29, 0.717) is 23.7 Å². The van der Waals surface area contributed by atoms with Gasteiger partial charge in [0, 0.05) is 16.6 Å². The number of hydrogen-bond acceptors (Lipinski definition) is 2. The van der Waals surface area contributed by atoms with Crippen LogP contribution in [0.1, 0.15) is 16.7 Å². The molecule has 2 aromatic carbocycles. The quantitative estimate of drug-likeness (QED) is 0.740. The lowest BCUT2D eigenvalue weighted by Gasteiger charge is -2.11. The third-order valence-corrected chi connectivity index (χ3v) is 4.48. The first-order valence-electron chi connectivity index (χ1n) is 7.62. The molecule has 0 spiro atoms. The Balaban J connectivity index is 1.71. The molecule has 0 saturated heterocycles. The minimum Gasteiger partial charge on any atom is -0.473 e. The average molecular weight is 367 g/mol. The number of carbonyl (C=O) groups is 1. The van der Waals surface area contributed by atoms with Crippen molar-refractivity contribution in [2.24, 2.45) is 0 Å². The van der Waals surface area contributed by atoms with Crippen LogP contribution in [0, 0.1) is 13.8 Å². The number of hydrogen-bond donors (Lipinski definition) is 2. The SMILES string of the molecule is Cc1cc(OCNC(=O)NCCc2ccccc2Cl)cc(C)c1Cl. The Morgan fingerprint density at radius 2 is 1.75 bits per heavy atom. The number of halogens is 2. The van der Waals surface area contributed by atoms with Gasteiger partial charge in [0.05, 0.1) is 0 Å². The van der Waals surface area contributed by atoms with Crippen LogP contribution >= 0.6 is 23.2 Å². The van der Waals surface area contributed by atoms with Crippen molar-refractivity contribution in [3.63, 3.8) is 0 Å². The molecule has 0 aliphatic heterocycles. The molecular formula is C18H20Cl2N2O2. The van der Waals surface area contributed by atoms with E-state index < -0.39 is 0 Å². The first kappa shape index (κ1) is 18.4. The summed E-state index contributed by atoms with van der Waals surface area (Å²) in [5.74, 6) is 0.672. The summed E-state index contributed by atoms with van der Waals surface area (Å²) in [5, 5.41) is 6.85. The van der Waals surface area contributed by atoms with Gasteiger partial charge in [-0.25, -0.2) is 4.79 Å². The van der Waals surface area contributed by atoms with Crippen LogP contribution in [0.5, 0.6) is 5.75 Å². The first-order valence-corrected chi connectivity index (χ1v) is 8.37. The normalized spacial score (nSPS) is 10.3. The van der Waals surface area contributed by atoms with Gasteiger partial charge in [-0.3, -0.25) is 0 Å². The second kappa shape index (κ2) is 8.81. The maximum absolute atomic E-state index is 11.7. The van der Waals surface area contributed by atoms with E-state index in [1.54, 1.807) is 0 Å². The van der Waals surface area contributed by atoms with Crippen molar-refractivity contribution >= 4 is 29.2 Å². The number of urea groups is 1. The Labute approximate surface area is 152 Å². The number of ether oxygens (including phenoxy) is 1. The standard InChI is InChI=1S/C18H20Cl2N2O2/c1-12-9-15(10-13(2)17(12)20)24-11-22-18(23)21-8-7-14-5-3-4-6-16(14)19/h3-6,9-10H,7-8,11H2,1-2H3,(H2,21,22,23). The van der Waals surface area contributed by atoms with Gasteiger partial charge in [-0.15, -0.1) is 0 Å². The maximum Gasteiger partial charge on any atom is 0.317 e. The highest BCUT2D eigenvalue weighted by molar-refractivity contribution is 6.32. The van der Waals surface area contributed by atoms with Crippen LogP contribution in [0.3, 0.4) is 0 Å². The summed E-state index contributed by atoms with van der Waals surface area (Å²) in [5.41, 5.74) is 2.88. The minimum atomic E-state index is -0.288. The highest BCUT2D eigenvalue weighted by Crippen LogP contribution is 2.25. The minimum absolute atomic E-state index is 0.0818. The Morgan fingerprint density at radius 1 is 1.08 bits per heavy atom. The fourth-order valence-electron chi connectivity index (χ4n) is 2.25. The molecule has 2 rings (SSSR count). The lowest BCUT2D eigenvalue weighted by molar-refractivity contribution is 0.224. The lowest BCUT2D eigenvalue weighted by Crippen LogP contribution is -2.38. The van der Waals surface area contributed by atoms with E-state index in [2.05, 4.69) is 10.6 Å². The molecule has 6 heteroatoms. The van der Waals surface area contributed by atoms with Crippen molar-refractivity contribution in [1.82, 2.24) is 10.6 Å². The molecule has 24 heavy (non-hydrogen) atoms. The number of nitrogens with one attached hydrogen (secondary N) is 2. The molecular weight excluding hydrogens is 347 g/mol. The molecule has 4 nitrogen and oxygen atoms in total.